The summed E-state index contributed by atoms with van der Waals surface area (Å²) in [6.45, 7) is 3.25. The average molecular weight is 341 g/mol. The predicted octanol–water partition coefficient (Wildman–Crippen LogP) is 3.21. The third kappa shape index (κ3) is 3.22. The van der Waals surface area contributed by atoms with Crippen LogP contribution < -0.4 is 5.73 Å². The van der Waals surface area contributed by atoms with Crippen molar-refractivity contribution >= 4 is 34.3 Å². The summed E-state index contributed by atoms with van der Waals surface area (Å²) in [7, 11) is 1.28. The Morgan fingerprint density at radius 2 is 2.06 bits per heavy atom. The van der Waals surface area contributed by atoms with Gasteiger partial charge in [-0.05, 0) is 26.0 Å². The van der Waals surface area contributed by atoms with E-state index in [1.54, 1.807) is 26.0 Å². The molecule has 0 unspecified atom stereocenters. The first kappa shape index (κ1) is 17.4. The molecule has 6 heteroatoms. The Morgan fingerprint density at radius 1 is 1.50 bits per heavy atom. The van der Waals surface area contributed by atoms with Crippen LogP contribution in [0.1, 0.15) is 25.5 Å². The number of halogens is 3. The average Bonchev–Trinajstić information content (AvgIpc) is 2.27. The van der Waals surface area contributed by atoms with Gasteiger partial charge in [-0.3, -0.25) is 4.79 Å². The Balaban J connectivity index is 0.00000289. The summed E-state index contributed by atoms with van der Waals surface area (Å²) in [4.78, 5) is 11.6. The fourth-order valence-corrected chi connectivity index (χ4v) is 2.15. The highest BCUT2D eigenvalue weighted by molar-refractivity contribution is 9.10. The zero-order valence-electron chi connectivity index (χ0n) is 10.4. The lowest BCUT2D eigenvalue weighted by atomic mass is 9.81. The van der Waals surface area contributed by atoms with E-state index in [0.29, 0.717) is 4.47 Å². The maximum atomic E-state index is 13.7. The molecule has 0 fully saturated rings. The van der Waals surface area contributed by atoms with Gasteiger partial charge in [0.2, 0.25) is 0 Å². The summed E-state index contributed by atoms with van der Waals surface area (Å²) < 4.78 is 19.0. The molecule has 18 heavy (non-hydrogen) atoms. The van der Waals surface area contributed by atoms with Crippen LogP contribution in [0.25, 0.3) is 0 Å². The second-order valence-electron chi connectivity index (χ2n) is 4.33. The number of hydrogen-bond donors (Lipinski definition) is 1. The largest absolute Gasteiger partial charge is 0.469 e. The van der Waals surface area contributed by atoms with Gasteiger partial charge in [0.05, 0.1) is 12.5 Å². The van der Waals surface area contributed by atoms with Crippen molar-refractivity contribution in [3.8, 4) is 0 Å². The topological polar surface area (TPSA) is 52.3 Å². The van der Waals surface area contributed by atoms with Gasteiger partial charge in [0.1, 0.15) is 5.82 Å². The van der Waals surface area contributed by atoms with Gasteiger partial charge in [-0.25, -0.2) is 4.39 Å². The molecule has 1 aromatic rings. The van der Waals surface area contributed by atoms with Crippen molar-refractivity contribution in [2.75, 3.05) is 7.11 Å². The van der Waals surface area contributed by atoms with Crippen LogP contribution in [0.3, 0.4) is 0 Å². The molecule has 0 spiro atoms. The third-order valence-electron chi connectivity index (χ3n) is 2.80. The van der Waals surface area contributed by atoms with Crippen LogP contribution in [0.4, 0.5) is 4.39 Å². The molecular formula is C12H16BrClFNO2. The molecule has 0 aliphatic carbocycles. The molecule has 0 saturated carbocycles. The molecular weight excluding hydrogens is 324 g/mol. The molecule has 2 N–H and O–H groups in total. The highest BCUT2D eigenvalue weighted by Gasteiger charge is 2.38. The number of rotatable bonds is 3. The molecule has 1 atom stereocenters. The van der Waals surface area contributed by atoms with Crippen LogP contribution >= 0.6 is 28.3 Å². The van der Waals surface area contributed by atoms with Crippen LogP contribution in [-0.2, 0) is 9.53 Å². The fraction of sp³-hybridized carbons (Fsp3) is 0.417. The van der Waals surface area contributed by atoms with E-state index >= 15 is 0 Å². The monoisotopic (exact) mass is 339 g/mol. The summed E-state index contributed by atoms with van der Waals surface area (Å²) in [5.41, 5.74) is 5.26. The number of carbonyl (C=O) groups excluding carboxylic acids is 1. The number of carbonyl (C=O) groups is 1. The number of benzene rings is 1. The summed E-state index contributed by atoms with van der Waals surface area (Å²) in [5.74, 6) is -0.913. The predicted molar refractivity (Wildman–Crippen MR) is 74.1 cm³/mol. The number of hydrogen-bond acceptors (Lipinski definition) is 3. The highest BCUT2D eigenvalue weighted by Crippen LogP contribution is 2.37. The van der Waals surface area contributed by atoms with Gasteiger partial charge in [-0.2, -0.15) is 0 Å². The standard InChI is InChI=1S/C12H15BrFNO2.ClH/c1-12(2,11(16)17-3)10(15)9-7(13)5-4-6-8(9)14;/h4-6,10H,15H2,1-3H3;1H/t10-;/m1./s1. The first-order valence-electron chi connectivity index (χ1n) is 5.10. The Kier molecular flexibility index (Phi) is 6.26. The van der Waals surface area contributed by atoms with Gasteiger partial charge < -0.3 is 10.5 Å². The van der Waals surface area contributed by atoms with Crippen molar-refractivity contribution in [3.05, 3.63) is 34.1 Å². The molecule has 0 aromatic heterocycles. The molecule has 3 nitrogen and oxygen atoms in total. The molecule has 0 radical (unpaired) electrons. The molecule has 0 aliphatic rings. The molecule has 0 saturated heterocycles. The van der Waals surface area contributed by atoms with Crippen molar-refractivity contribution in [3.63, 3.8) is 0 Å². The SMILES string of the molecule is COC(=O)C(C)(C)[C@H](N)c1c(F)cccc1Br.Cl. The molecule has 1 aromatic carbocycles. The van der Waals surface area contributed by atoms with E-state index in [2.05, 4.69) is 20.7 Å². The van der Waals surface area contributed by atoms with E-state index in [1.807, 2.05) is 0 Å². The zero-order valence-corrected chi connectivity index (χ0v) is 12.8. The Morgan fingerprint density at radius 3 is 2.50 bits per heavy atom. The maximum absolute atomic E-state index is 13.7. The first-order valence-corrected chi connectivity index (χ1v) is 5.89. The molecule has 1 rings (SSSR count). The van der Waals surface area contributed by atoms with Crippen molar-refractivity contribution in [2.24, 2.45) is 11.1 Å². The lowest BCUT2D eigenvalue weighted by molar-refractivity contribution is -0.152. The zero-order chi connectivity index (χ0) is 13.2. The van der Waals surface area contributed by atoms with Gasteiger partial charge in [-0.15, -0.1) is 12.4 Å². The Hall–Kier alpha value is -0.650. The number of methoxy groups -OCH3 is 1. The van der Waals surface area contributed by atoms with Gasteiger partial charge in [-0.1, -0.05) is 22.0 Å². The summed E-state index contributed by atoms with van der Waals surface area (Å²) in [5, 5.41) is 0. The molecule has 0 amide bonds. The lowest BCUT2D eigenvalue weighted by Gasteiger charge is -2.29. The van der Waals surface area contributed by atoms with Crippen LogP contribution in [0.15, 0.2) is 22.7 Å². The van der Waals surface area contributed by atoms with Gasteiger partial charge >= 0.3 is 5.97 Å². The smallest absolute Gasteiger partial charge is 0.313 e. The van der Waals surface area contributed by atoms with Gasteiger partial charge in [0.15, 0.2) is 0 Å². The maximum Gasteiger partial charge on any atom is 0.313 e. The van der Waals surface area contributed by atoms with Crippen LogP contribution in [0, 0.1) is 11.2 Å². The van der Waals surface area contributed by atoms with Crippen molar-refractivity contribution in [1.82, 2.24) is 0 Å². The van der Waals surface area contributed by atoms with E-state index in [4.69, 9.17) is 5.73 Å². The minimum absolute atomic E-state index is 0. The minimum Gasteiger partial charge on any atom is -0.469 e. The van der Waals surface area contributed by atoms with E-state index in [-0.39, 0.29) is 18.0 Å². The highest BCUT2D eigenvalue weighted by atomic mass is 79.9. The first-order chi connectivity index (χ1) is 7.82. The normalized spacial score (nSPS) is 12.6. The minimum atomic E-state index is -1.00. The number of ether oxygens (including phenoxy) is 1. The van der Waals surface area contributed by atoms with Crippen molar-refractivity contribution in [1.29, 1.82) is 0 Å². The summed E-state index contributed by atoms with van der Waals surface area (Å²) in [6.07, 6.45) is 0. The van der Waals surface area contributed by atoms with Gasteiger partial charge in [0.25, 0.3) is 0 Å². The Labute approximate surface area is 120 Å². The van der Waals surface area contributed by atoms with E-state index < -0.39 is 23.2 Å². The molecule has 102 valence electrons. The van der Waals surface area contributed by atoms with E-state index in [0.717, 1.165) is 0 Å². The van der Waals surface area contributed by atoms with Gasteiger partial charge in [0, 0.05) is 16.1 Å². The number of nitrogens with two attached hydrogens (primary N) is 1. The fourth-order valence-electron chi connectivity index (χ4n) is 1.56. The van der Waals surface area contributed by atoms with Crippen LogP contribution in [0.5, 0.6) is 0 Å². The van der Waals surface area contributed by atoms with Crippen molar-refractivity contribution < 1.29 is 13.9 Å². The van der Waals surface area contributed by atoms with Crippen molar-refractivity contribution in [2.45, 2.75) is 19.9 Å². The third-order valence-corrected chi connectivity index (χ3v) is 3.49. The number of esters is 1. The summed E-state index contributed by atoms with van der Waals surface area (Å²) >= 11 is 3.24. The molecule has 0 bridgehead atoms. The quantitative estimate of drug-likeness (QED) is 0.860. The Bertz CT molecular complexity index is 420. The second kappa shape index (κ2) is 6.50. The lowest BCUT2D eigenvalue weighted by Crippen LogP contribution is -2.38. The molecule has 0 aliphatic heterocycles. The van der Waals surface area contributed by atoms with Crippen LogP contribution in [-0.4, -0.2) is 13.1 Å². The molecule has 0 heterocycles. The van der Waals surface area contributed by atoms with E-state index in [1.165, 1.54) is 13.2 Å². The second-order valence-corrected chi connectivity index (χ2v) is 5.18. The van der Waals surface area contributed by atoms with Crippen LogP contribution in [0.2, 0.25) is 0 Å². The van der Waals surface area contributed by atoms with E-state index in [9.17, 15) is 9.18 Å². The summed E-state index contributed by atoms with van der Waals surface area (Å²) in [6, 6.07) is 3.78.